The summed E-state index contributed by atoms with van der Waals surface area (Å²) in [7, 11) is 2.18. The molecule has 2 aromatic carbocycles. The highest BCUT2D eigenvalue weighted by molar-refractivity contribution is 5.77. The summed E-state index contributed by atoms with van der Waals surface area (Å²) in [6, 6.07) is 18.5. The Morgan fingerprint density at radius 2 is 1.56 bits per heavy atom. The highest BCUT2D eigenvalue weighted by atomic mass is 16.1. The van der Waals surface area contributed by atoms with E-state index in [2.05, 4.69) is 56.1 Å². The third kappa shape index (κ3) is 6.29. The van der Waals surface area contributed by atoms with Gasteiger partial charge in [0.25, 0.3) is 5.56 Å². The number of unbranched alkanes of at least 4 members (excludes halogenated alkanes) is 5. The van der Waals surface area contributed by atoms with Crippen molar-refractivity contribution in [3.8, 4) is 0 Å². The van der Waals surface area contributed by atoms with Gasteiger partial charge in [0.15, 0.2) is 0 Å². The Morgan fingerprint density at radius 3 is 2.31 bits per heavy atom. The lowest BCUT2D eigenvalue weighted by Crippen LogP contribution is -2.33. The van der Waals surface area contributed by atoms with Crippen LogP contribution in [0.4, 0.5) is 0 Å². The van der Waals surface area contributed by atoms with E-state index in [1.165, 1.54) is 24.8 Å². The molecule has 172 valence electrons. The molecule has 0 spiro atoms. The van der Waals surface area contributed by atoms with Gasteiger partial charge in [-0.15, -0.1) is 0 Å². The largest absolute Gasteiger partial charge is 0.295 e. The van der Waals surface area contributed by atoms with Crippen molar-refractivity contribution in [3.63, 3.8) is 0 Å². The second kappa shape index (κ2) is 12.5. The number of aromatic nitrogens is 2. The van der Waals surface area contributed by atoms with Gasteiger partial charge in [-0.1, -0.05) is 94.8 Å². The minimum Gasteiger partial charge on any atom is -0.295 e. The van der Waals surface area contributed by atoms with Crippen molar-refractivity contribution < 1.29 is 0 Å². The molecule has 1 unspecified atom stereocenters. The Bertz CT molecular complexity index is 1010. The van der Waals surface area contributed by atoms with Gasteiger partial charge in [-0.25, -0.2) is 4.98 Å². The predicted octanol–water partition coefficient (Wildman–Crippen LogP) is 6.73. The molecule has 0 saturated heterocycles. The molecule has 0 aliphatic carbocycles. The summed E-state index contributed by atoms with van der Waals surface area (Å²) in [4.78, 5) is 21.0. The number of fused-ring (bicyclic) bond motifs is 1. The smallest absolute Gasteiger partial charge is 0.261 e. The number of para-hydroxylation sites is 1. The van der Waals surface area contributed by atoms with Crippen LogP contribution in [0.5, 0.6) is 0 Å². The molecule has 0 saturated carbocycles. The molecule has 0 bridgehead atoms. The Hall–Kier alpha value is -2.46. The maximum atomic E-state index is 13.5. The van der Waals surface area contributed by atoms with Gasteiger partial charge in [0.1, 0.15) is 5.82 Å². The van der Waals surface area contributed by atoms with Gasteiger partial charge < -0.3 is 0 Å². The normalized spacial score (nSPS) is 12.5. The van der Waals surface area contributed by atoms with E-state index in [4.69, 9.17) is 4.98 Å². The first kappa shape index (κ1) is 24.2. The third-order valence-corrected chi connectivity index (χ3v) is 6.31. The van der Waals surface area contributed by atoms with Gasteiger partial charge >= 0.3 is 0 Å². The van der Waals surface area contributed by atoms with Crippen molar-refractivity contribution in [2.24, 2.45) is 0 Å². The molecule has 32 heavy (non-hydrogen) atoms. The second-order valence-electron chi connectivity index (χ2n) is 8.92. The molecular formula is C28H39N3O. The van der Waals surface area contributed by atoms with E-state index in [1.54, 1.807) is 0 Å². The van der Waals surface area contributed by atoms with Gasteiger partial charge in [0.05, 0.1) is 16.9 Å². The fourth-order valence-corrected chi connectivity index (χ4v) is 4.47. The first-order valence-corrected chi connectivity index (χ1v) is 12.4. The quantitative estimate of drug-likeness (QED) is 0.280. The highest BCUT2D eigenvalue weighted by Crippen LogP contribution is 2.27. The Labute approximate surface area is 193 Å². The second-order valence-corrected chi connectivity index (χ2v) is 8.92. The molecule has 4 heteroatoms. The molecule has 1 heterocycles. The molecule has 0 aliphatic rings. The van der Waals surface area contributed by atoms with E-state index in [9.17, 15) is 4.79 Å². The summed E-state index contributed by atoms with van der Waals surface area (Å²) in [5.41, 5.74) is 2.20. The average molecular weight is 434 g/mol. The van der Waals surface area contributed by atoms with Crippen LogP contribution >= 0.6 is 0 Å². The molecular weight excluding hydrogens is 394 g/mol. The minimum atomic E-state index is 0.105. The lowest BCUT2D eigenvalue weighted by atomic mass is 10.0. The molecule has 0 aliphatic heterocycles. The Morgan fingerprint density at radius 1 is 0.875 bits per heavy atom. The Balaban J connectivity index is 2.00. The topological polar surface area (TPSA) is 38.1 Å². The summed E-state index contributed by atoms with van der Waals surface area (Å²) in [6.45, 7) is 6.03. The van der Waals surface area contributed by atoms with Crippen LogP contribution in [0.25, 0.3) is 10.9 Å². The maximum absolute atomic E-state index is 13.5. The average Bonchev–Trinajstić information content (AvgIpc) is 2.81. The molecule has 1 aromatic heterocycles. The van der Waals surface area contributed by atoms with E-state index in [0.29, 0.717) is 0 Å². The van der Waals surface area contributed by atoms with Crippen LogP contribution in [0.15, 0.2) is 59.4 Å². The molecule has 1 atom stereocenters. The number of hydrogen-bond donors (Lipinski definition) is 0. The van der Waals surface area contributed by atoms with Crippen LogP contribution in [-0.4, -0.2) is 21.5 Å². The lowest BCUT2D eigenvalue weighted by Gasteiger charge is -2.30. The van der Waals surface area contributed by atoms with Crippen molar-refractivity contribution >= 4 is 10.9 Å². The van der Waals surface area contributed by atoms with Crippen LogP contribution in [-0.2, 0) is 13.1 Å². The number of nitrogens with zero attached hydrogens (tertiary/aromatic N) is 3. The van der Waals surface area contributed by atoms with Crippen molar-refractivity contribution in [2.75, 3.05) is 7.05 Å². The van der Waals surface area contributed by atoms with E-state index < -0.39 is 0 Å². The SMILES string of the molecule is CCCCCCC(c1nc2ccccc2c(=O)n1CCCCC)N(C)Cc1ccccc1. The van der Waals surface area contributed by atoms with Gasteiger partial charge in [0.2, 0.25) is 0 Å². The summed E-state index contributed by atoms with van der Waals surface area (Å²) >= 11 is 0. The molecule has 0 N–H and O–H groups in total. The first-order chi connectivity index (χ1) is 15.7. The van der Waals surface area contributed by atoms with Gasteiger partial charge in [-0.05, 0) is 37.6 Å². The van der Waals surface area contributed by atoms with Crippen molar-refractivity contribution in [1.29, 1.82) is 0 Å². The van der Waals surface area contributed by atoms with E-state index in [0.717, 1.165) is 61.9 Å². The van der Waals surface area contributed by atoms with Crippen LogP contribution in [0.3, 0.4) is 0 Å². The fraction of sp³-hybridized carbons (Fsp3) is 0.500. The molecule has 0 radical (unpaired) electrons. The van der Waals surface area contributed by atoms with Gasteiger partial charge in [-0.3, -0.25) is 14.3 Å². The standard InChI is InChI=1S/C28H39N3O/c1-4-6-8-12-20-26(30(3)22-23-16-10-9-11-17-23)27-29-25-19-14-13-18-24(25)28(32)31(27)21-15-7-5-2/h9-11,13-14,16-19,26H,4-8,12,15,20-22H2,1-3H3. The van der Waals surface area contributed by atoms with Crippen molar-refractivity contribution in [2.45, 2.75) is 84.3 Å². The van der Waals surface area contributed by atoms with Crippen molar-refractivity contribution in [3.05, 3.63) is 76.3 Å². The molecule has 3 aromatic rings. The molecule has 0 fully saturated rings. The zero-order valence-corrected chi connectivity index (χ0v) is 20.1. The summed E-state index contributed by atoms with van der Waals surface area (Å²) in [5.74, 6) is 0.930. The zero-order valence-electron chi connectivity index (χ0n) is 20.1. The van der Waals surface area contributed by atoms with E-state index in [1.807, 2.05) is 28.8 Å². The van der Waals surface area contributed by atoms with Crippen LogP contribution in [0.2, 0.25) is 0 Å². The Kier molecular flexibility index (Phi) is 9.48. The van der Waals surface area contributed by atoms with Crippen molar-refractivity contribution in [1.82, 2.24) is 14.5 Å². The number of hydrogen-bond acceptors (Lipinski definition) is 3. The highest BCUT2D eigenvalue weighted by Gasteiger charge is 2.24. The van der Waals surface area contributed by atoms with Gasteiger partial charge in [0, 0.05) is 13.1 Å². The monoisotopic (exact) mass is 433 g/mol. The van der Waals surface area contributed by atoms with E-state index >= 15 is 0 Å². The summed E-state index contributed by atoms with van der Waals surface area (Å²) in [6.07, 6.45) is 9.13. The fourth-order valence-electron chi connectivity index (χ4n) is 4.47. The summed E-state index contributed by atoms with van der Waals surface area (Å²) < 4.78 is 1.98. The lowest BCUT2D eigenvalue weighted by molar-refractivity contribution is 0.203. The van der Waals surface area contributed by atoms with Crippen LogP contribution < -0.4 is 5.56 Å². The predicted molar refractivity (Wildman–Crippen MR) is 135 cm³/mol. The molecule has 4 nitrogen and oxygen atoms in total. The van der Waals surface area contributed by atoms with Gasteiger partial charge in [-0.2, -0.15) is 0 Å². The number of benzene rings is 2. The van der Waals surface area contributed by atoms with Crippen LogP contribution in [0.1, 0.15) is 82.6 Å². The minimum absolute atomic E-state index is 0.105. The summed E-state index contributed by atoms with van der Waals surface area (Å²) in [5, 5.41) is 0.725. The van der Waals surface area contributed by atoms with E-state index in [-0.39, 0.29) is 11.6 Å². The third-order valence-electron chi connectivity index (χ3n) is 6.31. The number of rotatable bonds is 13. The van der Waals surface area contributed by atoms with Crippen LogP contribution in [0, 0.1) is 0 Å². The maximum Gasteiger partial charge on any atom is 0.261 e. The first-order valence-electron chi connectivity index (χ1n) is 12.4. The molecule has 0 amide bonds. The zero-order chi connectivity index (χ0) is 22.8. The molecule has 3 rings (SSSR count).